The highest BCUT2D eigenvalue weighted by atomic mass is 79.9. The maximum Gasteiger partial charge on any atom is 0.237 e. The average Bonchev–Trinajstić information content (AvgIpc) is 2.60. The quantitative estimate of drug-likeness (QED) is 0.588. The van der Waals surface area contributed by atoms with Crippen molar-refractivity contribution in [3.8, 4) is 0 Å². The molecule has 1 atom stereocenters. The monoisotopic (exact) mass is 372 g/mol. The van der Waals surface area contributed by atoms with Gasteiger partial charge in [0.25, 0.3) is 0 Å². The van der Waals surface area contributed by atoms with E-state index in [2.05, 4.69) is 20.9 Å². The molecule has 2 heterocycles. The number of halogens is 3. The summed E-state index contributed by atoms with van der Waals surface area (Å²) >= 11 is 8.88. The molecule has 1 amide bonds. The summed E-state index contributed by atoms with van der Waals surface area (Å²) in [7, 11) is 1.52. The number of nitrogens with zero attached hydrogens (tertiary/aromatic N) is 2. The summed E-state index contributed by atoms with van der Waals surface area (Å²) in [4.78, 5) is 17.1. The van der Waals surface area contributed by atoms with Crippen LogP contribution in [-0.4, -0.2) is 31.1 Å². The van der Waals surface area contributed by atoms with Crippen LogP contribution in [0.5, 0.6) is 0 Å². The molecule has 98 valence electrons. The van der Waals surface area contributed by atoms with Gasteiger partial charge in [-0.1, -0.05) is 11.6 Å². The Kier molecular flexibility index (Phi) is 3.87. The van der Waals surface area contributed by atoms with Crippen LogP contribution >= 0.6 is 38.2 Å². The Labute approximate surface area is 122 Å². The normalized spacial score (nSPS) is 20.5. The minimum atomic E-state index is -3.75. The Morgan fingerprint density at radius 1 is 1.44 bits per heavy atom. The number of anilines is 1. The number of aromatic nitrogens is 1. The molecular formula is C9H7BrCl2N2O3S. The Hall–Kier alpha value is -0.370. The number of hydrogen-bond acceptors (Lipinski definition) is 4. The number of rotatable bonds is 2. The van der Waals surface area contributed by atoms with Crippen LogP contribution in [0.4, 0.5) is 5.69 Å². The SMILES string of the molecule is O=C1CC(S(=O)(=O)Cl)CN1c1ccc(Cl)nc1Br. The Bertz CT molecular complexity index is 608. The molecule has 0 aromatic carbocycles. The molecule has 5 nitrogen and oxygen atoms in total. The summed E-state index contributed by atoms with van der Waals surface area (Å²) in [5.74, 6) is -0.311. The van der Waals surface area contributed by atoms with Gasteiger partial charge in [-0.2, -0.15) is 0 Å². The molecule has 0 aliphatic carbocycles. The molecule has 0 N–H and O–H groups in total. The van der Waals surface area contributed by atoms with Crippen molar-refractivity contribution in [2.45, 2.75) is 11.7 Å². The molecule has 1 aliphatic heterocycles. The average molecular weight is 374 g/mol. The van der Waals surface area contributed by atoms with Gasteiger partial charge in [-0.25, -0.2) is 13.4 Å². The molecular weight excluding hydrogens is 367 g/mol. The van der Waals surface area contributed by atoms with Crippen molar-refractivity contribution in [2.75, 3.05) is 11.4 Å². The molecule has 18 heavy (non-hydrogen) atoms. The number of carbonyl (C=O) groups excluding carboxylic acids is 1. The van der Waals surface area contributed by atoms with Crippen LogP contribution in [0.3, 0.4) is 0 Å². The van der Waals surface area contributed by atoms with E-state index in [9.17, 15) is 13.2 Å². The van der Waals surface area contributed by atoms with E-state index in [1.54, 1.807) is 6.07 Å². The Morgan fingerprint density at radius 3 is 2.61 bits per heavy atom. The smallest absolute Gasteiger partial charge is 0.237 e. The van der Waals surface area contributed by atoms with Crippen LogP contribution in [0.1, 0.15) is 6.42 Å². The van der Waals surface area contributed by atoms with Gasteiger partial charge in [-0.05, 0) is 28.1 Å². The van der Waals surface area contributed by atoms with Crippen molar-refractivity contribution in [3.63, 3.8) is 0 Å². The van der Waals surface area contributed by atoms with Gasteiger partial charge >= 0.3 is 0 Å². The second kappa shape index (κ2) is 4.96. The van der Waals surface area contributed by atoms with E-state index in [1.807, 2.05) is 0 Å². The molecule has 2 rings (SSSR count). The molecule has 1 aliphatic rings. The first-order valence-corrected chi connectivity index (χ1v) is 8.39. The van der Waals surface area contributed by atoms with Gasteiger partial charge in [0, 0.05) is 23.6 Å². The lowest BCUT2D eigenvalue weighted by Gasteiger charge is -2.17. The van der Waals surface area contributed by atoms with Gasteiger partial charge < -0.3 is 4.90 Å². The summed E-state index contributed by atoms with van der Waals surface area (Å²) in [6.45, 7) is 0.0204. The largest absolute Gasteiger partial charge is 0.308 e. The summed E-state index contributed by atoms with van der Waals surface area (Å²) in [5, 5.41) is -0.618. The molecule has 1 fully saturated rings. The minimum Gasteiger partial charge on any atom is -0.308 e. The fraction of sp³-hybridized carbons (Fsp3) is 0.333. The lowest BCUT2D eigenvalue weighted by atomic mass is 10.4. The third-order valence-corrected chi connectivity index (χ3v) is 5.24. The van der Waals surface area contributed by atoms with E-state index in [4.69, 9.17) is 22.3 Å². The third-order valence-electron chi connectivity index (χ3n) is 2.57. The second-order valence-electron chi connectivity index (χ2n) is 3.75. The Morgan fingerprint density at radius 2 is 2.11 bits per heavy atom. The first-order chi connectivity index (χ1) is 8.29. The van der Waals surface area contributed by atoms with Gasteiger partial charge in [0.15, 0.2) is 0 Å². The van der Waals surface area contributed by atoms with E-state index in [0.717, 1.165) is 0 Å². The van der Waals surface area contributed by atoms with Crippen molar-refractivity contribution in [3.05, 3.63) is 21.9 Å². The zero-order chi connectivity index (χ0) is 13.5. The lowest BCUT2D eigenvalue weighted by molar-refractivity contribution is -0.117. The van der Waals surface area contributed by atoms with Crippen molar-refractivity contribution in [1.29, 1.82) is 0 Å². The van der Waals surface area contributed by atoms with Crippen molar-refractivity contribution >= 4 is 58.9 Å². The number of carbonyl (C=O) groups is 1. The highest BCUT2D eigenvalue weighted by Crippen LogP contribution is 2.31. The fourth-order valence-electron chi connectivity index (χ4n) is 1.70. The summed E-state index contributed by atoms with van der Waals surface area (Å²) in [5.41, 5.74) is 0.479. The van der Waals surface area contributed by atoms with Crippen LogP contribution < -0.4 is 4.90 Å². The van der Waals surface area contributed by atoms with E-state index >= 15 is 0 Å². The predicted octanol–water partition coefficient (Wildman–Crippen LogP) is 2.17. The first kappa shape index (κ1) is 14.0. The van der Waals surface area contributed by atoms with E-state index in [1.165, 1.54) is 11.0 Å². The maximum atomic E-state index is 11.8. The molecule has 1 aromatic rings. The molecule has 1 aromatic heterocycles. The van der Waals surface area contributed by atoms with Gasteiger partial charge in [0.05, 0.1) is 5.69 Å². The van der Waals surface area contributed by atoms with Gasteiger partial charge in [0.1, 0.15) is 15.0 Å². The van der Waals surface area contributed by atoms with Crippen LogP contribution in [0, 0.1) is 0 Å². The zero-order valence-electron chi connectivity index (χ0n) is 8.81. The molecule has 1 saturated heterocycles. The summed E-state index contributed by atoms with van der Waals surface area (Å²) in [6, 6.07) is 3.12. The van der Waals surface area contributed by atoms with Crippen molar-refractivity contribution in [1.82, 2.24) is 4.98 Å². The second-order valence-corrected chi connectivity index (χ2v) is 7.80. The van der Waals surface area contributed by atoms with Crippen molar-refractivity contribution in [2.24, 2.45) is 0 Å². The highest BCUT2D eigenvalue weighted by Gasteiger charge is 2.38. The van der Waals surface area contributed by atoms with Crippen LogP contribution in [0.25, 0.3) is 0 Å². The third kappa shape index (κ3) is 2.79. The predicted molar refractivity (Wildman–Crippen MR) is 72.5 cm³/mol. The van der Waals surface area contributed by atoms with Crippen molar-refractivity contribution < 1.29 is 13.2 Å². The standard InChI is InChI=1S/C9H7BrCl2N2O3S/c10-9-6(1-2-7(11)13-9)14-4-5(3-8(14)15)18(12,16)17/h1-2,5H,3-4H2. The molecule has 0 bridgehead atoms. The summed E-state index contributed by atoms with van der Waals surface area (Å²) in [6.07, 6.45) is -0.124. The molecule has 0 saturated carbocycles. The lowest BCUT2D eigenvalue weighted by Crippen LogP contribution is -2.27. The minimum absolute atomic E-state index is 0.0204. The van der Waals surface area contributed by atoms with E-state index < -0.39 is 14.3 Å². The molecule has 9 heteroatoms. The van der Waals surface area contributed by atoms with Gasteiger partial charge in [-0.15, -0.1) is 0 Å². The highest BCUT2D eigenvalue weighted by molar-refractivity contribution is 9.10. The van der Waals surface area contributed by atoms with Crippen LogP contribution in [0.2, 0.25) is 5.15 Å². The topological polar surface area (TPSA) is 67.3 Å². The fourth-order valence-corrected chi connectivity index (χ4v) is 3.52. The number of pyridine rings is 1. The van der Waals surface area contributed by atoms with Crippen LogP contribution in [0.15, 0.2) is 16.7 Å². The molecule has 0 radical (unpaired) electrons. The first-order valence-electron chi connectivity index (χ1n) is 4.85. The number of hydrogen-bond donors (Lipinski definition) is 0. The van der Waals surface area contributed by atoms with Crippen LogP contribution in [-0.2, 0) is 13.8 Å². The Balaban J connectivity index is 2.33. The number of amides is 1. The van der Waals surface area contributed by atoms with Gasteiger partial charge in [-0.3, -0.25) is 4.79 Å². The molecule has 0 spiro atoms. The van der Waals surface area contributed by atoms with Gasteiger partial charge in [0.2, 0.25) is 15.0 Å². The molecule has 1 unspecified atom stereocenters. The maximum absolute atomic E-state index is 11.8. The van der Waals surface area contributed by atoms with E-state index in [0.29, 0.717) is 10.3 Å². The van der Waals surface area contributed by atoms with E-state index in [-0.39, 0.29) is 24.0 Å². The summed E-state index contributed by atoms with van der Waals surface area (Å²) < 4.78 is 22.9. The zero-order valence-corrected chi connectivity index (χ0v) is 12.7.